The Balaban J connectivity index is 1.48. The number of amides is 1. The molecule has 1 aromatic carbocycles. The van der Waals surface area contributed by atoms with Gasteiger partial charge in [-0.1, -0.05) is 0 Å². The molecule has 0 bridgehead atoms. The van der Waals surface area contributed by atoms with Gasteiger partial charge in [0.2, 0.25) is 5.91 Å². The van der Waals surface area contributed by atoms with Gasteiger partial charge < -0.3 is 20.1 Å². The molecule has 6 nitrogen and oxygen atoms in total. The minimum atomic E-state index is -0.206. The van der Waals surface area contributed by atoms with Crippen LogP contribution in [0.15, 0.2) is 24.3 Å². The molecule has 1 aromatic rings. The largest absolute Gasteiger partial charge is 0.393 e. The molecule has 0 unspecified atom stereocenters. The van der Waals surface area contributed by atoms with Crippen LogP contribution in [0.4, 0.5) is 11.4 Å². The number of aliphatic hydroxyl groups excluding tert-OH is 1. The predicted molar refractivity (Wildman–Crippen MR) is 89.8 cm³/mol. The molecule has 0 radical (unpaired) electrons. The van der Waals surface area contributed by atoms with E-state index in [1.54, 1.807) is 0 Å². The first-order chi connectivity index (χ1) is 11.2. The zero-order chi connectivity index (χ0) is 16.1. The van der Waals surface area contributed by atoms with Gasteiger partial charge in [0.1, 0.15) is 0 Å². The highest BCUT2D eigenvalue weighted by atomic mass is 16.5. The summed E-state index contributed by atoms with van der Waals surface area (Å²) in [6, 6.07) is 7.97. The number of likely N-dealkylation sites (tertiary alicyclic amines) is 1. The third kappa shape index (κ3) is 4.67. The zero-order valence-electron chi connectivity index (χ0n) is 13.4. The Kier molecular flexibility index (Phi) is 5.48. The molecule has 126 valence electrons. The van der Waals surface area contributed by atoms with E-state index in [0.29, 0.717) is 6.54 Å². The highest BCUT2D eigenvalue weighted by molar-refractivity contribution is 5.92. The van der Waals surface area contributed by atoms with Crippen LogP contribution in [0.25, 0.3) is 0 Å². The van der Waals surface area contributed by atoms with Gasteiger partial charge in [-0.2, -0.15) is 0 Å². The van der Waals surface area contributed by atoms with Gasteiger partial charge in [0.25, 0.3) is 0 Å². The van der Waals surface area contributed by atoms with Crippen molar-refractivity contribution in [1.82, 2.24) is 4.90 Å². The lowest BCUT2D eigenvalue weighted by molar-refractivity contribution is -0.117. The second kappa shape index (κ2) is 7.77. The van der Waals surface area contributed by atoms with E-state index in [-0.39, 0.29) is 12.0 Å². The van der Waals surface area contributed by atoms with Crippen molar-refractivity contribution in [2.24, 2.45) is 0 Å². The van der Waals surface area contributed by atoms with Gasteiger partial charge in [0.15, 0.2) is 0 Å². The summed E-state index contributed by atoms with van der Waals surface area (Å²) in [5.41, 5.74) is 1.99. The van der Waals surface area contributed by atoms with Gasteiger partial charge in [-0.05, 0) is 37.1 Å². The van der Waals surface area contributed by atoms with Crippen molar-refractivity contribution in [3.05, 3.63) is 24.3 Å². The SMILES string of the molecule is O=C(CN1CCC(O)CC1)Nc1ccc(N2CCOCC2)cc1. The maximum Gasteiger partial charge on any atom is 0.238 e. The number of nitrogens with one attached hydrogen (secondary N) is 1. The smallest absolute Gasteiger partial charge is 0.238 e. The number of anilines is 2. The molecule has 2 aliphatic heterocycles. The number of carbonyl (C=O) groups is 1. The average Bonchev–Trinajstić information content (AvgIpc) is 2.58. The molecule has 0 saturated carbocycles. The van der Waals surface area contributed by atoms with Gasteiger partial charge in [-0.3, -0.25) is 9.69 Å². The van der Waals surface area contributed by atoms with Crippen LogP contribution in [-0.4, -0.2) is 68.0 Å². The van der Waals surface area contributed by atoms with E-state index in [0.717, 1.165) is 63.6 Å². The molecule has 2 aliphatic rings. The minimum absolute atomic E-state index is 0.000474. The Bertz CT molecular complexity index is 506. The Hall–Kier alpha value is -1.63. The normalized spacial score (nSPS) is 20.5. The summed E-state index contributed by atoms with van der Waals surface area (Å²) in [5, 5.41) is 12.4. The summed E-state index contributed by atoms with van der Waals surface area (Å²) in [4.78, 5) is 16.5. The van der Waals surface area contributed by atoms with Crippen LogP contribution in [-0.2, 0) is 9.53 Å². The van der Waals surface area contributed by atoms with Crippen molar-refractivity contribution in [3.63, 3.8) is 0 Å². The molecule has 0 aromatic heterocycles. The van der Waals surface area contributed by atoms with Crippen molar-refractivity contribution in [2.45, 2.75) is 18.9 Å². The fourth-order valence-corrected chi connectivity index (χ4v) is 3.06. The van der Waals surface area contributed by atoms with E-state index in [1.165, 1.54) is 0 Å². The number of rotatable bonds is 4. The van der Waals surface area contributed by atoms with Gasteiger partial charge in [-0.15, -0.1) is 0 Å². The number of carbonyl (C=O) groups excluding carboxylic acids is 1. The molecular formula is C17H25N3O3. The Morgan fingerprint density at radius 1 is 1.13 bits per heavy atom. The fourth-order valence-electron chi connectivity index (χ4n) is 3.06. The molecule has 23 heavy (non-hydrogen) atoms. The first-order valence-corrected chi connectivity index (χ1v) is 8.34. The van der Waals surface area contributed by atoms with Crippen LogP contribution in [0.3, 0.4) is 0 Å². The average molecular weight is 319 g/mol. The van der Waals surface area contributed by atoms with E-state index in [1.807, 2.05) is 24.3 Å². The molecule has 3 rings (SSSR count). The summed E-state index contributed by atoms with van der Waals surface area (Å²) < 4.78 is 5.36. The summed E-state index contributed by atoms with van der Waals surface area (Å²) in [6.45, 7) is 5.30. The van der Waals surface area contributed by atoms with Crippen molar-refractivity contribution in [3.8, 4) is 0 Å². The maximum atomic E-state index is 12.1. The molecule has 2 saturated heterocycles. The lowest BCUT2D eigenvalue weighted by Crippen LogP contribution is -2.40. The molecule has 1 amide bonds. The Morgan fingerprint density at radius 3 is 2.43 bits per heavy atom. The van der Waals surface area contributed by atoms with E-state index in [4.69, 9.17) is 4.74 Å². The van der Waals surface area contributed by atoms with Crippen molar-refractivity contribution in [2.75, 3.05) is 56.2 Å². The molecule has 0 spiro atoms. The first kappa shape index (κ1) is 16.2. The lowest BCUT2D eigenvalue weighted by Gasteiger charge is -2.29. The third-order valence-corrected chi connectivity index (χ3v) is 4.45. The number of hydrogen-bond donors (Lipinski definition) is 2. The second-order valence-corrected chi connectivity index (χ2v) is 6.20. The third-order valence-electron chi connectivity index (χ3n) is 4.45. The number of aliphatic hydroxyl groups is 1. The van der Waals surface area contributed by atoms with Crippen LogP contribution >= 0.6 is 0 Å². The molecule has 2 N–H and O–H groups in total. The fraction of sp³-hybridized carbons (Fsp3) is 0.588. The highest BCUT2D eigenvalue weighted by Gasteiger charge is 2.19. The molecular weight excluding hydrogens is 294 g/mol. The van der Waals surface area contributed by atoms with Crippen LogP contribution in [0.1, 0.15) is 12.8 Å². The maximum absolute atomic E-state index is 12.1. The van der Waals surface area contributed by atoms with E-state index in [9.17, 15) is 9.90 Å². The summed E-state index contributed by atoms with van der Waals surface area (Å²) in [6.07, 6.45) is 1.30. The van der Waals surface area contributed by atoms with E-state index >= 15 is 0 Å². The standard InChI is InChI=1S/C17H25N3O3/c21-16-5-7-19(8-6-16)13-17(22)18-14-1-3-15(4-2-14)20-9-11-23-12-10-20/h1-4,16,21H,5-13H2,(H,18,22). The quantitative estimate of drug-likeness (QED) is 0.864. The Morgan fingerprint density at radius 2 is 1.78 bits per heavy atom. The first-order valence-electron chi connectivity index (χ1n) is 8.34. The molecule has 0 atom stereocenters. The van der Waals surface area contributed by atoms with Gasteiger partial charge in [-0.25, -0.2) is 0 Å². The van der Waals surface area contributed by atoms with Gasteiger partial charge >= 0.3 is 0 Å². The summed E-state index contributed by atoms with van der Waals surface area (Å²) in [5.74, 6) is 0.000474. The van der Waals surface area contributed by atoms with E-state index in [2.05, 4.69) is 15.1 Å². The number of morpholine rings is 1. The molecule has 2 fully saturated rings. The second-order valence-electron chi connectivity index (χ2n) is 6.20. The predicted octanol–water partition coefficient (Wildman–Crippen LogP) is 0.918. The zero-order valence-corrected chi connectivity index (χ0v) is 13.4. The van der Waals surface area contributed by atoms with E-state index < -0.39 is 0 Å². The van der Waals surface area contributed by atoms with Crippen LogP contribution in [0, 0.1) is 0 Å². The van der Waals surface area contributed by atoms with Crippen LogP contribution in [0.2, 0.25) is 0 Å². The monoisotopic (exact) mass is 319 g/mol. The Labute approximate surface area is 137 Å². The van der Waals surface area contributed by atoms with Crippen LogP contribution in [0.5, 0.6) is 0 Å². The van der Waals surface area contributed by atoms with Crippen molar-refractivity contribution >= 4 is 17.3 Å². The number of ether oxygens (including phenoxy) is 1. The molecule has 6 heteroatoms. The van der Waals surface area contributed by atoms with Gasteiger partial charge in [0.05, 0.1) is 25.9 Å². The molecule has 2 heterocycles. The van der Waals surface area contributed by atoms with Gasteiger partial charge in [0, 0.05) is 37.6 Å². The lowest BCUT2D eigenvalue weighted by atomic mass is 10.1. The summed E-state index contributed by atoms with van der Waals surface area (Å²) >= 11 is 0. The minimum Gasteiger partial charge on any atom is -0.393 e. The summed E-state index contributed by atoms with van der Waals surface area (Å²) in [7, 11) is 0. The molecule has 0 aliphatic carbocycles. The van der Waals surface area contributed by atoms with Crippen LogP contribution < -0.4 is 10.2 Å². The number of hydrogen-bond acceptors (Lipinski definition) is 5. The topological polar surface area (TPSA) is 65.0 Å². The number of benzene rings is 1. The van der Waals surface area contributed by atoms with Crippen molar-refractivity contribution in [1.29, 1.82) is 0 Å². The highest BCUT2D eigenvalue weighted by Crippen LogP contribution is 2.19. The number of nitrogens with zero attached hydrogens (tertiary/aromatic N) is 2. The number of piperidine rings is 1. The van der Waals surface area contributed by atoms with Crippen molar-refractivity contribution < 1.29 is 14.6 Å².